The van der Waals surface area contributed by atoms with Crippen molar-refractivity contribution in [2.24, 2.45) is 17.8 Å². The molecule has 2 unspecified atom stereocenters. The van der Waals surface area contributed by atoms with Crippen LogP contribution in [0.3, 0.4) is 0 Å². The molecule has 0 saturated carbocycles. The fourth-order valence-corrected chi connectivity index (χ4v) is 6.96. The van der Waals surface area contributed by atoms with E-state index in [1.807, 2.05) is 64.9 Å². The predicted molar refractivity (Wildman–Crippen MR) is 166 cm³/mol. The van der Waals surface area contributed by atoms with Crippen LogP contribution in [0.4, 0.5) is 11.4 Å². The molecule has 3 amide bonds. The zero-order valence-electron chi connectivity index (χ0n) is 25.3. The zero-order valence-corrected chi connectivity index (χ0v) is 26.0. The van der Waals surface area contributed by atoms with Gasteiger partial charge in [0.2, 0.25) is 11.8 Å². The predicted octanol–water partition coefficient (Wildman–Crippen LogP) is 3.80. The summed E-state index contributed by atoms with van der Waals surface area (Å²) in [7, 11) is 3.89. The van der Waals surface area contributed by atoms with Gasteiger partial charge < -0.3 is 24.5 Å². The van der Waals surface area contributed by atoms with Gasteiger partial charge in [-0.05, 0) is 68.3 Å². The van der Waals surface area contributed by atoms with Crippen molar-refractivity contribution >= 4 is 40.7 Å². The molecule has 3 aliphatic heterocycles. The minimum absolute atomic E-state index is 0.0628. The first-order valence-electron chi connectivity index (χ1n) is 15.1. The van der Waals surface area contributed by atoms with Crippen LogP contribution in [0.5, 0.6) is 0 Å². The molecular weight excluding hydrogens is 552 g/mol. The van der Waals surface area contributed by atoms with Crippen LogP contribution in [0.2, 0.25) is 5.02 Å². The van der Waals surface area contributed by atoms with E-state index in [9.17, 15) is 14.4 Å². The third-order valence-electron chi connectivity index (χ3n) is 9.24. The number of aromatic nitrogens is 1. The molecule has 3 aliphatic rings. The van der Waals surface area contributed by atoms with Crippen molar-refractivity contribution in [1.29, 1.82) is 0 Å². The number of carbonyl (C=O) groups is 3. The third-order valence-corrected chi connectivity index (χ3v) is 9.65. The Kier molecular flexibility index (Phi) is 9.38. The fraction of sp³-hybridized carbons (Fsp3) is 0.562. The first-order valence-corrected chi connectivity index (χ1v) is 15.5. The summed E-state index contributed by atoms with van der Waals surface area (Å²) >= 11 is 6.47. The highest BCUT2D eigenvalue weighted by Crippen LogP contribution is 2.33. The molecular formula is C32H43ClN6O3. The van der Waals surface area contributed by atoms with Crippen LogP contribution < -0.4 is 9.80 Å². The second-order valence-corrected chi connectivity index (χ2v) is 12.7. The Hall–Kier alpha value is -3.17. The summed E-state index contributed by atoms with van der Waals surface area (Å²) in [6.07, 6.45) is 5.64. The zero-order chi connectivity index (χ0) is 30.0. The van der Waals surface area contributed by atoms with Crippen LogP contribution in [0, 0.1) is 24.7 Å². The van der Waals surface area contributed by atoms with Crippen molar-refractivity contribution in [3.8, 4) is 0 Å². The number of rotatable bonds is 8. The smallest absolute Gasteiger partial charge is 0.257 e. The molecule has 1 aromatic carbocycles. The summed E-state index contributed by atoms with van der Waals surface area (Å²) in [5.41, 5.74) is 3.38. The van der Waals surface area contributed by atoms with E-state index < -0.39 is 0 Å². The molecule has 3 saturated heterocycles. The summed E-state index contributed by atoms with van der Waals surface area (Å²) in [5.74, 6) is 1.09. The molecule has 0 N–H and O–H groups in total. The van der Waals surface area contributed by atoms with Crippen LogP contribution >= 0.6 is 11.6 Å². The Morgan fingerprint density at radius 2 is 1.69 bits per heavy atom. The highest BCUT2D eigenvalue weighted by atomic mass is 35.5. The lowest BCUT2D eigenvalue weighted by Crippen LogP contribution is -2.44. The first-order chi connectivity index (χ1) is 20.1. The molecule has 10 heteroatoms. The molecule has 2 aromatic rings. The monoisotopic (exact) mass is 594 g/mol. The lowest BCUT2D eigenvalue weighted by Gasteiger charge is -2.34. The average Bonchev–Trinajstić information content (AvgIpc) is 3.55. The number of amides is 3. The molecule has 0 radical (unpaired) electrons. The van der Waals surface area contributed by atoms with Gasteiger partial charge in [-0.25, -0.2) is 0 Å². The minimum Gasteiger partial charge on any atom is -0.377 e. The fourth-order valence-electron chi connectivity index (χ4n) is 6.78. The number of benzene rings is 1. The van der Waals surface area contributed by atoms with Gasteiger partial charge in [0.05, 0.1) is 11.3 Å². The Bertz CT molecular complexity index is 1300. The molecule has 42 heavy (non-hydrogen) atoms. The summed E-state index contributed by atoms with van der Waals surface area (Å²) < 4.78 is 0. The van der Waals surface area contributed by atoms with Crippen LogP contribution in [-0.4, -0.2) is 104 Å². The van der Waals surface area contributed by atoms with Gasteiger partial charge in [0.25, 0.3) is 5.91 Å². The van der Waals surface area contributed by atoms with Crippen LogP contribution in [0.15, 0.2) is 36.7 Å². The number of halogens is 1. The third kappa shape index (κ3) is 6.57. The Balaban J connectivity index is 1.17. The number of hydrogen-bond donors (Lipinski definition) is 0. The number of hydrogen-bond acceptors (Lipinski definition) is 6. The molecule has 0 bridgehead atoms. The van der Waals surface area contributed by atoms with Gasteiger partial charge in [0.15, 0.2) is 0 Å². The maximum absolute atomic E-state index is 13.8. The van der Waals surface area contributed by atoms with Crippen molar-refractivity contribution in [2.75, 3.05) is 76.3 Å². The highest BCUT2D eigenvalue weighted by molar-refractivity contribution is 6.31. The number of pyridine rings is 1. The summed E-state index contributed by atoms with van der Waals surface area (Å²) in [6, 6.07) is 7.74. The average molecular weight is 595 g/mol. The summed E-state index contributed by atoms with van der Waals surface area (Å²) in [5, 5.41) is 0.659. The molecule has 3 fully saturated rings. The molecule has 0 spiro atoms. The Morgan fingerprint density at radius 1 is 1.00 bits per heavy atom. The number of carbonyl (C=O) groups excluding carboxylic acids is 3. The lowest BCUT2D eigenvalue weighted by molar-refractivity contribution is -0.133. The van der Waals surface area contributed by atoms with Gasteiger partial charge >= 0.3 is 0 Å². The van der Waals surface area contributed by atoms with Gasteiger partial charge in [-0.1, -0.05) is 17.7 Å². The molecule has 226 valence electrons. The molecule has 0 aliphatic carbocycles. The standard InChI is InChI=1S/C32H43ClN6O3/c1-22-6-7-27(16-29(22)33)39(31(41)24-9-14-37(15-10-24)23(2)40)13-5-12-36-18-25-20-38(21-26(25)19-36)32(42)28-17-34-11-8-30(28)35(3)4/h6-8,11,16-17,24-26H,5,9-10,12-15,18-21H2,1-4H3. The molecule has 2 atom stereocenters. The summed E-state index contributed by atoms with van der Waals surface area (Å²) in [6.45, 7) is 9.81. The Labute approximate surface area is 254 Å². The first kappa shape index (κ1) is 30.3. The van der Waals surface area contributed by atoms with Crippen molar-refractivity contribution in [3.63, 3.8) is 0 Å². The van der Waals surface area contributed by atoms with Crippen LogP contribution in [-0.2, 0) is 9.59 Å². The van der Waals surface area contributed by atoms with Gasteiger partial charge in [-0.2, -0.15) is 0 Å². The van der Waals surface area contributed by atoms with E-state index in [2.05, 4.69) is 9.88 Å². The topological polar surface area (TPSA) is 80.3 Å². The van der Waals surface area contributed by atoms with E-state index in [0.29, 0.717) is 54.9 Å². The van der Waals surface area contributed by atoms with Crippen LogP contribution in [0.25, 0.3) is 0 Å². The molecule has 4 heterocycles. The minimum atomic E-state index is -0.0943. The molecule has 9 nitrogen and oxygen atoms in total. The van der Waals surface area contributed by atoms with E-state index in [-0.39, 0.29) is 23.6 Å². The molecule has 1 aromatic heterocycles. The number of piperidine rings is 1. The van der Waals surface area contributed by atoms with E-state index in [0.717, 1.165) is 56.1 Å². The van der Waals surface area contributed by atoms with E-state index in [1.165, 1.54) is 0 Å². The molecule has 5 rings (SSSR count). The quantitative estimate of drug-likeness (QED) is 0.463. The SMILES string of the molecule is CC(=O)N1CCC(C(=O)N(CCCN2CC3CN(C(=O)c4cnccc4N(C)C)CC3C2)c2ccc(C)c(Cl)c2)CC1. The van der Waals surface area contributed by atoms with Crippen molar-refractivity contribution in [1.82, 2.24) is 19.7 Å². The van der Waals surface area contributed by atoms with Gasteiger partial charge in [0.1, 0.15) is 0 Å². The summed E-state index contributed by atoms with van der Waals surface area (Å²) in [4.78, 5) is 53.3. The van der Waals surface area contributed by atoms with E-state index >= 15 is 0 Å². The van der Waals surface area contributed by atoms with Crippen LogP contribution in [0.1, 0.15) is 42.1 Å². The second-order valence-electron chi connectivity index (χ2n) is 12.3. The maximum atomic E-state index is 13.8. The second kappa shape index (κ2) is 13.0. The number of fused-ring (bicyclic) bond motifs is 1. The van der Waals surface area contributed by atoms with Gasteiger partial charge in [0, 0.05) is 95.9 Å². The van der Waals surface area contributed by atoms with Crippen molar-refractivity contribution in [2.45, 2.75) is 33.1 Å². The number of aryl methyl sites for hydroxylation is 1. The number of anilines is 2. The number of nitrogens with zero attached hydrogens (tertiary/aromatic N) is 6. The van der Waals surface area contributed by atoms with Crippen molar-refractivity contribution in [3.05, 3.63) is 52.8 Å². The Morgan fingerprint density at radius 3 is 2.31 bits per heavy atom. The highest BCUT2D eigenvalue weighted by Gasteiger charge is 2.42. The van der Waals surface area contributed by atoms with Crippen molar-refractivity contribution < 1.29 is 14.4 Å². The van der Waals surface area contributed by atoms with Gasteiger partial charge in [-0.3, -0.25) is 19.4 Å². The number of likely N-dealkylation sites (tertiary alicyclic amines) is 3. The van der Waals surface area contributed by atoms with E-state index in [1.54, 1.807) is 19.3 Å². The normalized spacial score (nSPS) is 21.0. The maximum Gasteiger partial charge on any atom is 0.257 e. The largest absolute Gasteiger partial charge is 0.377 e. The lowest BCUT2D eigenvalue weighted by atomic mass is 9.94. The van der Waals surface area contributed by atoms with Gasteiger partial charge in [-0.15, -0.1) is 0 Å². The van der Waals surface area contributed by atoms with E-state index in [4.69, 9.17) is 11.6 Å².